The Morgan fingerprint density at radius 2 is 2.16 bits per heavy atom. The van der Waals surface area contributed by atoms with Gasteiger partial charge in [0.25, 0.3) is 0 Å². The zero-order valence-corrected chi connectivity index (χ0v) is 11.3. The van der Waals surface area contributed by atoms with Crippen molar-refractivity contribution in [3.8, 4) is 0 Å². The molecule has 4 heteroatoms. The van der Waals surface area contributed by atoms with Crippen LogP contribution in [-0.2, 0) is 4.79 Å². The van der Waals surface area contributed by atoms with E-state index in [1.165, 1.54) is 0 Å². The van der Waals surface area contributed by atoms with Crippen LogP contribution in [0.1, 0.15) is 37.8 Å². The summed E-state index contributed by atoms with van der Waals surface area (Å²) in [5.74, 6) is -0.0330. The van der Waals surface area contributed by atoms with Gasteiger partial charge in [-0.3, -0.25) is 4.79 Å². The smallest absolute Gasteiger partial charge is 0.244 e. The summed E-state index contributed by atoms with van der Waals surface area (Å²) in [7, 11) is 0. The number of carbonyl (C=O) groups excluding carboxylic acids is 1. The predicted molar refractivity (Wildman–Crippen MR) is 74.4 cm³/mol. The van der Waals surface area contributed by atoms with Gasteiger partial charge < -0.3 is 15.7 Å². The summed E-state index contributed by atoms with van der Waals surface area (Å²) in [6.07, 6.45) is 2.20. The lowest BCUT2D eigenvalue weighted by atomic mass is 10.0. The van der Waals surface area contributed by atoms with Crippen LogP contribution in [0.2, 0.25) is 0 Å². The third-order valence-electron chi connectivity index (χ3n) is 3.70. The highest BCUT2D eigenvalue weighted by atomic mass is 16.3. The van der Waals surface area contributed by atoms with Crippen LogP contribution >= 0.6 is 0 Å². The summed E-state index contributed by atoms with van der Waals surface area (Å²) in [4.78, 5) is 14.3. The summed E-state index contributed by atoms with van der Waals surface area (Å²) in [6, 6.07) is 8.97. The number of aliphatic hydroxyl groups is 1. The topological polar surface area (TPSA) is 66.6 Å². The molecular formula is C15H22N2O2. The number of aliphatic hydroxyl groups excluding tert-OH is 1. The predicted octanol–water partition coefficient (Wildman–Crippen LogP) is 1.45. The SMILES string of the molecule is CC(O)CC1CCCN1C(=O)C(N)c1ccccc1. The first-order valence-corrected chi connectivity index (χ1v) is 6.88. The molecule has 1 fully saturated rings. The summed E-state index contributed by atoms with van der Waals surface area (Å²) in [6.45, 7) is 2.51. The second-order valence-corrected chi connectivity index (χ2v) is 5.30. The number of nitrogens with zero attached hydrogens (tertiary/aromatic N) is 1. The first-order chi connectivity index (χ1) is 9.09. The molecule has 0 spiro atoms. The highest BCUT2D eigenvalue weighted by molar-refractivity contribution is 5.83. The molecular weight excluding hydrogens is 240 g/mol. The van der Waals surface area contributed by atoms with Crippen molar-refractivity contribution in [1.82, 2.24) is 4.90 Å². The van der Waals surface area contributed by atoms with E-state index in [0.717, 1.165) is 24.9 Å². The summed E-state index contributed by atoms with van der Waals surface area (Å²) in [5.41, 5.74) is 6.90. The van der Waals surface area contributed by atoms with Crippen LogP contribution in [0.4, 0.5) is 0 Å². The van der Waals surface area contributed by atoms with Crippen molar-refractivity contribution in [1.29, 1.82) is 0 Å². The molecule has 1 heterocycles. The van der Waals surface area contributed by atoms with E-state index >= 15 is 0 Å². The molecule has 2 rings (SSSR count). The Morgan fingerprint density at radius 1 is 1.47 bits per heavy atom. The fourth-order valence-electron chi connectivity index (χ4n) is 2.75. The van der Waals surface area contributed by atoms with Crippen LogP contribution in [0.3, 0.4) is 0 Å². The molecule has 1 aromatic rings. The van der Waals surface area contributed by atoms with Gasteiger partial charge in [0.1, 0.15) is 6.04 Å². The highest BCUT2D eigenvalue weighted by Crippen LogP contribution is 2.25. The van der Waals surface area contributed by atoms with Gasteiger partial charge in [-0.2, -0.15) is 0 Å². The van der Waals surface area contributed by atoms with Crippen molar-refractivity contribution in [2.45, 2.75) is 44.4 Å². The number of carbonyl (C=O) groups is 1. The second-order valence-electron chi connectivity index (χ2n) is 5.30. The van der Waals surface area contributed by atoms with Crippen LogP contribution in [0, 0.1) is 0 Å². The van der Waals surface area contributed by atoms with E-state index in [9.17, 15) is 9.90 Å². The first kappa shape index (κ1) is 14.0. The maximum Gasteiger partial charge on any atom is 0.244 e. The Hall–Kier alpha value is -1.39. The number of hydrogen-bond donors (Lipinski definition) is 2. The molecule has 3 unspecified atom stereocenters. The number of rotatable bonds is 4. The first-order valence-electron chi connectivity index (χ1n) is 6.88. The molecule has 1 aliphatic rings. The summed E-state index contributed by atoms with van der Waals surface area (Å²) < 4.78 is 0. The monoisotopic (exact) mass is 262 g/mol. The van der Waals surface area contributed by atoms with Crippen molar-refractivity contribution in [2.75, 3.05) is 6.54 Å². The minimum absolute atomic E-state index is 0.0330. The van der Waals surface area contributed by atoms with Gasteiger partial charge in [0.15, 0.2) is 0 Å². The molecule has 0 bridgehead atoms. The third kappa shape index (κ3) is 3.33. The molecule has 3 N–H and O–H groups in total. The molecule has 104 valence electrons. The fraction of sp³-hybridized carbons (Fsp3) is 0.533. The molecule has 1 aromatic carbocycles. The minimum Gasteiger partial charge on any atom is -0.393 e. The normalized spacial score (nSPS) is 22.3. The maximum absolute atomic E-state index is 12.5. The zero-order valence-electron chi connectivity index (χ0n) is 11.3. The second kappa shape index (κ2) is 6.17. The van der Waals surface area contributed by atoms with Crippen LogP contribution in [0.15, 0.2) is 30.3 Å². The lowest BCUT2D eigenvalue weighted by Crippen LogP contribution is -2.42. The van der Waals surface area contributed by atoms with Crippen LogP contribution in [-0.4, -0.2) is 34.6 Å². The van der Waals surface area contributed by atoms with Crippen molar-refractivity contribution in [2.24, 2.45) is 5.73 Å². The van der Waals surface area contributed by atoms with Gasteiger partial charge in [-0.25, -0.2) is 0 Å². The maximum atomic E-state index is 12.5. The van der Waals surface area contributed by atoms with Gasteiger partial charge in [0.2, 0.25) is 5.91 Å². The fourth-order valence-corrected chi connectivity index (χ4v) is 2.75. The number of nitrogens with two attached hydrogens (primary N) is 1. The van der Waals surface area contributed by atoms with E-state index in [1.807, 2.05) is 35.2 Å². The molecule has 0 saturated carbocycles. The average Bonchev–Trinajstić information content (AvgIpc) is 2.85. The van der Waals surface area contributed by atoms with Gasteiger partial charge in [-0.1, -0.05) is 30.3 Å². The van der Waals surface area contributed by atoms with Crippen LogP contribution in [0.25, 0.3) is 0 Å². The quantitative estimate of drug-likeness (QED) is 0.863. The van der Waals surface area contributed by atoms with Crippen molar-refractivity contribution in [3.05, 3.63) is 35.9 Å². The number of likely N-dealkylation sites (tertiary alicyclic amines) is 1. The zero-order chi connectivity index (χ0) is 13.8. The largest absolute Gasteiger partial charge is 0.393 e. The van der Waals surface area contributed by atoms with E-state index in [2.05, 4.69) is 0 Å². The number of hydrogen-bond acceptors (Lipinski definition) is 3. The van der Waals surface area contributed by atoms with Gasteiger partial charge >= 0.3 is 0 Å². The van der Waals surface area contributed by atoms with Crippen molar-refractivity contribution >= 4 is 5.91 Å². The Labute approximate surface area is 114 Å². The summed E-state index contributed by atoms with van der Waals surface area (Å²) in [5, 5.41) is 9.50. The lowest BCUT2D eigenvalue weighted by Gasteiger charge is -2.28. The van der Waals surface area contributed by atoms with E-state index in [1.54, 1.807) is 6.92 Å². The Kier molecular flexibility index (Phi) is 4.56. The molecule has 1 saturated heterocycles. The Bertz CT molecular complexity index is 419. The molecule has 4 nitrogen and oxygen atoms in total. The molecule has 19 heavy (non-hydrogen) atoms. The molecule has 0 aromatic heterocycles. The highest BCUT2D eigenvalue weighted by Gasteiger charge is 2.32. The van der Waals surface area contributed by atoms with Crippen LogP contribution in [0.5, 0.6) is 0 Å². The van der Waals surface area contributed by atoms with Crippen molar-refractivity contribution in [3.63, 3.8) is 0 Å². The minimum atomic E-state index is -0.601. The Balaban J connectivity index is 2.06. The third-order valence-corrected chi connectivity index (χ3v) is 3.70. The van der Waals surface area contributed by atoms with E-state index in [0.29, 0.717) is 6.42 Å². The molecule has 0 aliphatic carbocycles. The van der Waals surface area contributed by atoms with Gasteiger partial charge in [-0.05, 0) is 31.7 Å². The average molecular weight is 262 g/mol. The standard InChI is InChI=1S/C15H22N2O2/c1-11(18)10-13-8-5-9-17(13)15(19)14(16)12-6-3-2-4-7-12/h2-4,6-7,11,13-14,18H,5,8-10,16H2,1H3. The molecule has 1 aliphatic heterocycles. The molecule has 3 atom stereocenters. The van der Waals surface area contributed by atoms with Crippen LogP contribution < -0.4 is 5.73 Å². The van der Waals surface area contributed by atoms with E-state index < -0.39 is 6.04 Å². The number of amides is 1. The van der Waals surface area contributed by atoms with E-state index in [-0.39, 0.29) is 18.1 Å². The Morgan fingerprint density at radius 3 is 2.79 bits per heavy atom. The molecule has 1 amide bonds. The van der Waals surface area contributed by atoms with E-state index in [4.69, 9.17) is 5.73 Å². The summed E-state index contributed by atoms with van der Waals surface area (Å²) >= 11 is 0. The van der Waals surface area contributed by atoms with Gasteiger partial charge in [-0.15, -0.1) is 0 Å². The van der Waals surface area contributed by atoms with Crippen molar-refractivity contribution < 1.29 is 9.90 Å². The number of benzene rings is 1. The van der Waals surface area contributed by atoms with Gasteiger partial charge in [0, 0.05) is 12.6 Å². The van der Waals surface area contributed by atoms with Gasteiger partial charge in [0.05, 0.1) is 6.10 Å². The molecule has 0 radical (unpaired) electrons. The lowest BCUT2D eigenvalue weighted by molar-refractivity contribution is -0.134.